The predicted octanol–water partition coefficient (Wildman–Crippen LogP) is 2.64. The van der Waals surface area contributed by atoms with E-state index < -0.39 is 17.7 Å². The van der Waals surface area contributed by atoms with Gasteiger partial charge in [-0.25, -0.2) is 4.79 Å². The first kappa shape index (κ1) is 22.1. The second kappa shape index (κ2) is 8.62. The number of nitrogens with zero attached hydrogens (tertiary/aromatic N) is 1. The number of carbonyl (C=O) groups is 2. The second-order valence-corrected chi connectivity index (χ2v) is 9.50. The maximum Gasteiger partial charge on any atom is 0.410 e. The van der Waals surface area contributed by atoms with E-state index in [2.05, 4.69) is 5.32 Å². The first-order valence-corrected chi connectivity index (χ1v) is 10.2. The Balaban J connectivity index is 2.98. The number of amides is 2. The monoisotopic (exact) mass is 374 g/mol. The molecule has 0 saturated carbocycles. The number of hydrogen-bond donors (Lipinski definition) is 2. The van der Waals surface area contributed by atoms with E-state index in [9.17, 15) is 14.7 Å². The quantitative estimate of drug-likeness (QED) is 0.773. The number of aliphatic hydroxyl groups excluding tert-OH is 1. The van der Waals surface area contributed by atoms with Gasteiger partial charge in [0.15, 0.2) is 0 Å². The fraction of sp³-hybridized carbons (Fsp3) is 0.889. The van der Waals surface area contributed by atoms with Crippen molar-refractivity contribution in [2.24, 2.45) is 5.41 Å². The Hall–Kier alpha value is -0.950. The highest BCUT2D eigenvalue weighted by molar-refractivity contribution is 7.99. The average Bonchev–Trinajstić information content (AvgIpc) is 2.45. The minimum Gasteiger partial charge on any atom is -0.444 e. The van der Waals surface area contributed by atoms with Gasteiger partial charge in [0.1, 0.15) is 11.6 Å². The third-order valence-corrected chi connectivity index (χ3v) is 5.72. The van der Waals surface area contributed by atoms with Crippen LogP contribution in [0.5, 0.6) is 0 Å². The molecule has 146 valence electrons. The largest absolute Gasteiger partial charge is 0.444 e. The summed E-state index contributed by atoms with van der Waals surface area (Å²) in [7, 11) is 0. The zero-order valence-electron chi connectivity index (χ0n) is 16.6. The van der Waals surface area contributed by atoms with Crippen molar-refractivity contribution in [3.8, 4) is 0 Å². The van der Waals surface area contributed by atoms with E-state index in [4.69, 9.17) is 4.74 Å². The number of likely N-dealkylation sites (tertiary alicyclic amines) is 1. The smallest absolute Gasteiger partial charge is 0.410 e. The van der Waals surface area contributed by atoms with Crippen LogP contribution in [-0.2, 0) is 9.53 Å². The zero-order chi connectivity index (χ0) is 19.4. The van der Waals surface area contributed by atoms with E-state index in [1.165, 1.54) is 11.8 Å². The molecule has 0 aliphatic carbocycles. The summed E-state index contributed by atoms with van der Waals surface area (Å²) in [5, 5.41) is 12.3. The molecular formula is C18H34N2O4S. The Labute approximate surface area is 156 Å². The molecule has 0 aromatic carbocycles. The lowest BCUT2D eigenvalue weighted by atomic mass is 9.76. The van der Waals surface area contributed by atoms with Gasteiger partial charge in [0, 0.05) is 17.8 Å². The van der Waals surface area contributed by atoms with Crippen LogP contribution in [0.1, 0.15) is 54.4 Å². The Morgan fingerprint density at radius 1 is 1.40 bits per heavy atom. The van der Waals surface area contributed by atoms with Crippen molar-refractivity contribution in [3.63, 3.8) is 0 Å². The van der Waals surface area contributed by atoms with Crippen LogP contribution in [0.3, 0.4) is 0 Å². The molecule has 1 aliphatic heterocycles. The van der Waals surface area contributed by atoms with Gasteiger partial charge in [-0.15, -0.1) is 0 Å². The molecule has 2 N–H and O–H groups in total. The van der Waals surface area contributed by atoms with E-state index in [1.807, 2.05) is 47.8 Å². The van der Waals surface area contributed by atoms with Crippen molar-refractivity contribution in [1.29, 1.82) is 0 Å². The number of carbonyl (C=O) groups excluding carboxylic acids is 2. The number of aliphatic hydroxyl groups is 1. The van der Waals surface area contributed by atoms with E-state index >= 15 is 0 Å². The third-order valence-electron chi connectivity index (χ3n) is 4.56. The lowest BCUT2D eigenvalue weighted by Crippen LogP contribution is -2.61. The van der Waals surface area contributed by atoms with Gasteiger partial charge in [-0.05, 0) is 52.2 Å². The number of nitrogens with one attached hydrogen (secondary N) is 1. The molecule has 1 heterocycles. The Bertz CT molecular complexity index is 472. The number of thioether (sulfide) groups is 1. The molecule has 0 spiro atoms. The van der Waals surface area contributed by atoms with Gasteiger partial charge in [0.25, 0.3) is 0 Å². The van der Waals surface area contributed by atoms with E-state index in [-0.39, 0.29) is 29.2 Å². The maximum atomic E-state index is 13.0. The number of piperidine rings is 1. The Kier molecular flexibility index (Phi) is 7.62. The first-order valence-electron chi connectivity index (χ1n) is 8.86. The average molecular weight is 375 g/mol. The molecule has 0 bridgehead atoms. The molecule has 1 fully saturated rings. The fourth-order valence-electron chi connectivity index (χ4n) is 3.24. The van der Waals surface area contributed by atoms with Gasteiger partial charge in [-0.3, -0.25) is 9.69 Å². The van der Waals surface area contributed by atoms with Crippen LogP contribution in [0.15, 0.2) is 0 Å². The maximum absolute atomic E-state index is 13.0. The molecule has 7 heteroatoms. The summed E-state index contributed by atoms with van der Waals surface area (Å²) in [6.45, 7) is 11.9. The van der Waals surface area contributed by atoms with Crippen LogP contribution in [0.2, 0.25) is 0 Å². The predicted molar refractivity (Wildman–Crippen MR) is 102 cm³/mol. The summed E-state index contributed by atoms with van der Waals surface area (Å²) in [5.74, 6) is -0.185. The van der Waals surface area contributed by atoms with Gasteiger partial charge in [-0.1, -0.05) is 13.8 Å². The van der Waals surface area contributed by atoms with Gasteiger partial charge < -0.3 is 15.2 Å². The van der Waals surface area contributed by atoms with Crippen LogP contribution in [0, 0.1) is 5.41 Å². The number of hydrogen-bond acceptors (Lipinski definition) is 5. The van der Waals surface area contributed by atoms with Gasteiger partial charge >= 0.3 is 6.09 Å². The van der Waals surface area contributed by atoms with Crippen molar-refractivity contribution in [2.45, 2.75) is 77.3 Å². The molecule has 1 rings (SSSR count). The summed E-state index contributed by atoms with van der Waals surface area (Å²) < 4.78 is 5.51. The molecule has 2 amide bonds. The minimum atomic E-state index is -0.603. The van der Waals surface area contributed by atoms with Crippen LogP contribution in [0.4, 0.5) is 4.79 Å². The molecule has 0 unspecified atom stereocenters. The first-order chi connectivity index (χ1) is 11.4. The number of ether oxygens (including phenoxy) is 1. The van der Waals surface area contributed by atoms with Crippen molar-refractivity contribution in [1.82, 2.24) is 10.2 Å². The summed E-state index contributed by atoms with van der Waals surface area (Å²) in [5.41, 5.74) is -0.944. The lowest BCUT2D eigenvalue weighted by molar-refractivity contribution is -0.133. The van der Waals surface area contributed by atoms with E-state index in [1.54, 1.807) is 4.90 Å². The zero-order valence-corrected chi connectivity index (χ0v) is 17.4. The summed E-state index contributed by atoms with van der Waals surface area (Å²) in [4.78, 5) is 27.2. The normalized spacial score (nSPS) is 22.9. The topological polar surface area (TPSA) is 78.9 Å². The molecule has 1 aliphatic rings. The molecule has 0 radical (unpaired) electrons. The molecule has 0 aromatic heterocycles. The second-order valence-electron chi connectivity index (χ2n) is 8.42. The van der Waals surface area contributed by atoms with E-state index in [0.717, 1.165) is 12.8 Å². The molecule has 25 heavy (non-hydrogen) atoms. The number of rotatable bonds is 5. The van der Waals surface area contributed by atoms with Gasteiger partial charge in [-0.2, -0.15) is 11.8 Å². The standard InChI is InChI=1S/C18H34N2O4S/c1-12(13(11-21)25-7)19-15(22)14-18(5,6)9-8-10-20(14)16(23)24-17(2,3)4/h12-14,21H,8-11H2,1-7H3,(H,19,22)/t12-,13-,14+/m1/s1. The van der Waals surface area contributed by atoms with Gasteiger partial charge in [0.05, 0.1) is 6.61 Å². The third kappa shape index (κ3) is 6.06. The highest BCUT2D eigenvalue weighted by Gasteiger charge is 2.46. The van der Waals surface area contributed by atoms with Crippen molar-refractivity contribution < 1.29 is 19.4 Å². The molecule has 1 saturated heterocycles. The minimum absolute atomic E-state index is 0.00749. The summed E-state index contributed by atoms with van der Waals surface area (Å²) in [6, 6.07) is -0.773. The van der Waals surface area contributed by atoms with E-state index in [0.29, 0.717) is 6.54 Å². The van der Waals surface area contributed by atoms with Crippen LogP contribution in [-0.4, -0.2) is 64.3 Å². The highest BCUT2D eigenvalue weighted by Crippen LogP contribution is 2.36. The Morgan fingerprint density at radius 3 is 2.48 bits per heavy atom. The van der Waals surface area contributed by atoms with Gasteiger partial charge in [0.2, 0.25) is 5.91 Å². The van der Waals surface area contributed by atoms with Crippen LogP contribution < -0.4 is 5.32 Å². The van der Waals surface area contributed by atoms with Crippen molar-refractivity contribution >= 4 is 23.8 Å². The van der Waals surface area contributed by atoms with Crippen LogP contribution in [0.25, 0.3) is 0 Å². The van der Waals surface area contributed by atoms with Crippen molar-refractivity contribution in [2.75, 3.05) is 19.4 Å². The van der Waals surface area contributed by atoms with Crippen molar-refractivity contribution in [3.05, 3.63) is 0 Å². The molecule has 6 nitrogen and oxygen atoms in total. The van der Waals surface area contributed by atoms with Crippen LogP contribution >= 0.6 is 11.8 Å². The molecular weight excluding hydrogens is 340 g/mol. The Morgan fingerprint density at radius 2 is 2.00 bits per heavy atom. The SMILES string of the molecule is CS[C@H](CO)[C@@H](C)NC(=O)[C@@H]1N(C(=O)OC(C)(C)C)CCCC1(C)C. The molecule has 0 aromatic rings. The lowest BCUT2D eigenvalue weighted by Gasteiger charge is -2.45. The summed E-state index contributed by atoms with van der Waals surface area (Å²) >= 11 is 1.51. The highest BCUT2D eigenvalue weighted by atomic mass is 32.2. The summed E-state index contributed by atoms with van der Waals surface area (Å²) in [6.07, 6.45) is 3.17. The molecule has 3 atom stereocenters. The fourth-order valence-corrected chi connectivity index (χ4v) is 3.86.